The third kappa shape index (κ3) is 6.91. The Morgan fingerprint density at radius 3 is 1.84 bits per heavy atom. The Kier molecular flexibility index (Phi) is 9.93. The van der Waals surface area contributed by atoms with Gasteiger partial charge in [-0.05, 0) is 68.1 Å². The second-order valence-electron chi connectivity index (χ2n) is 9.78. The maximum atomic E-state index is 2.48. The van der Waals surface area contributed by atoms with Crippen LogP contribution in [0.25, 0.3) is 0 Å². The fourth-order valence-corrected chi connectivity index (χ4v) is 6.05. The van der Waals surface area contributed by atoms with Gasteiger partial charge in [-0.3, -0.25) is 0 Å². The maximum absolute atomic E-state index is 2.48. The molecular formula is C25H48. The van der Waals surface area contributed by atoms with Crippen LogP contribution >= 0.6 is 0 Å². The van der Waals surface area contributed by atoms with Gasteiger partial charge in [0, 0.05) is 0 Å². The Labute approximate surface area is 159 Å². The molecule has 0 heteroatoms. The lowest BCUT2D eigenvalue weighted by Crippen LogP contribution is -2.31. The third-order valence-electron chi connectivity index (χ3n) is 8.18. The molecule has 0 aliphatic heterocycles. The first kappa shape index (κ1) is 21.3. The van der Waals surface area contributed by atoms with Crippen molar-refractivity contribution in [3.8, 4) is 0 Å². The molecule has 148 valence electrons. The molecule has 0 amide bonds. The molecule has 0 atom stereocenters. The minimum Gasteiger partial charge on any atom is -0.0654 e. The lowest BCUT2D eigenvalue weighted by atomic mass is 9.62. The fraction of sp³-hybridized carbons (Fsp3) is 1.00. The molecule has 2 aliphatic carbocycles. The quantitative estimate of drug-likeness (QED) is 0.327. The molecule has 0 aromatic rings. The highest BCUT2D eigenvalue weighted by atomic mass is 14.4. The van der Waals surface area contributed by atoms with Crippen molar-refractivity contribution in [3.05, 3.63) is 0 Å². The molecule has 0 aromatic heterocycles. The van der Waals surface area contributed by atoms with Crippen LogP contribution in [0.4, 0.5) is 0 Å². The monoisotopic (exact) mass is 348 g/mol. The van der Waals surface area contributed by atoms with Crippen molar-refractivity contribution in [2.24, 2.45) is 23.2 Å². The third-order valence-corrected chi connectivity index (χ3v) is 8.18. The molecular weight excluding hydrogens is 300 g/mol. The summed E-state index contributed by atoms with van der Waals surface area (Å²) in [5, 5.41) is 0. The smallest absolute Gasteiger partial charge is 0.0300 e. The van der Waals surface area contributed by atoms with Gasteiger partial charge in [0.1, 0.15) is 0 Å². The number of hydrogen-bond acceptors (Lipinski definition) is 0. The molecule has 0 spiro atoms. The molecule has 0 bridgehead atoms. The van der Waals surface area contributed by atoms with E-state index in [9.17, 15) is 0 Å². The summed E-state index contributed by atoms with van der Waals surface area (Å²) in [5.74, 6) is 3.27. The predicted molar refractivity (Wildman–Crippen MR) is 113 cm³/mol. The number of rotatable bonds is 11. The largest absolute Gasteiger partial charge is 0.0654 e. The highest BCUT2D eigenvalue weighted by Crippen LogP contribution is 2.49. The van der Waals surface area contributed by atoms with Crippen LogP contribution in [-0.4, -0.2) is 0 Å². The van der Waals surface area contributed by atoms with Crippen molar-refractivity contribution in [1.82, 2.24) is 0 Å². The van der Waals surface area contributed by atoms with E-state index in [2.05, 4.69) is 20.8 Å². The van der Waals surface area contributed by atoms with E-state index >= 15 is 0 Å². The predicted octanol–water partition coefficient (Wildman–Crippen LogP) is 8.93. The van der Waals surface area contributed by atoms with Gasteiger partial charge in [-0.25, -0.2) is 0 Å². The standard InChI is InChI=1S/C25H48/c1-4-7-9-10-11-19-25(6-3)20-17-24(18-21-25)23-15-13-22(14-16-23)12-8-5-2/h22-24H,4-21H2,1-3H3. The van der Waals surface area contributed by atoms with Gasteiger partial charge in [0.15, 0.2) is 0 Å². The summed E-state index contributed by atoms with van der Waals surface area (Å²) in [7, 11) is 0. The van der Waals surface area contributed by atoms with Crippen molar-refractivity contribution in [2.45, 2.75) is 136 Å². The normalized spacial score (nSPS) is 33.5. The number of hydrogen-bond donors (Lipinski definition) is 0. The summed E-state index contributed by atoms with van der Waals surface area (Å²) in [5.41, 5.74) is 0.737. The molecule has 2 rings (SSSR count). The zero-order chi connectivity index (χ0) is 18.0. The molecule has 2 saturated carbocycles. The van der Waals surface area contributed by atoms with E-state index in [-0.39, 0.29) is 0 Å². The lowest BCUT2D eigenvalue weighted by Gasteiger charge is -2.44. The summed E-state index contributed by atoms with van der Waals surface area (Å²) in [4.78, 5) is 0. The van der Waals surface area contributed by atoms with Crippen LogP contribution in [0.1, 0.15) is 136 Å². The summed E-state index contributed by atoms with van der Waals surface area (Å²) in [6, 6.07) is 0. The second-order valence-corrected chi connectivity index (χ2v) is 9.78. The van der Waals surface area contributed by atoms with Crippen LogP contribution in [0, 0.1) is 23.2 Å². The molecule has 0 aromatic carbocycles. The molecule has 0 saturated heterocycles. The van der Waals surface area contributed by atoms with Crippen LogP contribution in [0.15, 0.2) is 0 Å². The average molecular weight is 349 g/mol. The zero-order valence-electron chi connectivity index (χ0n) is 18.0. The van der Waals surface area contributed by atoms with Crippen molar-refractivity contribution >= 4 is 0 Å². The van der Waals surface area contributed by atoms with Crippen molar-refractivity contribution in [1.29, 1.82) is 0 Å². The molecule has 0 unspecified atom stereocenters. The molecule has 2 aliphatic rings. The Bertz CT molecular complexity index is 315. The Hall–Kier alpha value is 0. The van der Waals surface area contributed by atoms with Crippen LogP contribution in [0.2, 0.25) is 0 Å². The summed E-state index contributed by atoms with van der Waals surface area (Å²) in [6.45, 7) is 7.15. The Morgan fingerprint density at radius 1 is 0.640 bits per heavy atom. The lowest BCUT2D eigenvalue weighted by molar-refractivity contribution is 0.0797. The van der Waals surface area contributed by atoms with E-state index in [1.54, 1.807) is 51.4 Å². The summed E-state index contributed by atoms with van der Waals surface area (Å²) < 4.78 is 0. The van der Waals surface area contributed by atoms with Crippen LogP contribution in [0.5, 0.6) is 0 Å². The topological polar surface area (TPSA) is 0 Å². The van der Waals surface area contributed by atoms with E-state index in [4.69, 9.17) is 0 Å². The molecule has 0 N–H and O–H groups in total. The van der Waals surface area contributed by atoms with E-state index in [1.807, 2.05) is 0 Å². The van der Waals surface area contributed by atoms with Gasteiger partial charge >= 0.3 is 0 Å². The first-order valence-corrected chi connectivity index (χ1v) is 12.2. The van der Waals surface area contributed by atoms with Crippen LogP contribution < -0.4 is 0 Å². The van der Waals surface area contributed by atoms with E-state index in [0.29, 0.717) is 0 Å². The average Bonchev–Trinajstić information content (AvgIpc) is 2.67. The van der Waals surface area contributed by atoms with Crippen LogP contribution in [-0.2, 0) is 0 Å². The Morgan fingerprint density at radius 2 is 1.24 bits per heavy atom. The summed E-state index contributed by atoms with van der Waals surface area (Å²) in [6.07, 6.45) is 27.1. The van der Waals surface area contributed by atoms with Crippen molar-refractivity contribution in [3.63, 3.8) is 0 Å². The Balaban J connectivity index is 1.67. The highest BCUT2D eigenvalue weighted by molar-refractivity contribution is 4.88. The van der Waals surface area contributed by atoms with E-state index in [0.717, 1.165) is 23.2 Å². The summed E-state index contributed by atoms with van der Waals surface area (Å²) >= 11 is 0. The van der Waals surface area contributed by atoms with E-state index in [1.165, 1.54) is 64.2 Å². The molecule has 0 heterocycles. The molecule has 25 heavy (non-hydrogen) atoms. The SMILES string of the molecule is CCCCCCCC1(CC)CCC(C2CCC(CCCC)CC2)CC1. The van der Waals surface area contributed by atoms with Gasteiger partial charge in [-0.15, -0.1) is 0 Å². The fourth-order valence-electron chi connectivity index (χ4n) is 6.05. The minimum atomic E-state index is 0.737. The van der Waals surface area contributed by atoms with Gasteiger partial charge in [-0.2, -0.15) is 0 Å². The molecule has 0 nitrogen and oxygen atoms in total. The van der Waals surface area contributed by atoms with Gasteiger partial charge < -0.3 is 0 Å². The highest BCUT2D eigenvalue weighted by Gasteiger charge is 2.36. The van der Waals surface area contributed by atoms with E-state index < -0.39 is 0 Å². The van der Waals surface area contributed by atoms with Gasteiger partial charge in [0.2, 0.25) is 0 Å². The van der Waals surface area contributed by atoms with Gasteiger partial charge in [-0.1, -0.05) is 91.4 Å². The first-order chi connectivity index (χ1) is 12.2. The van der Waals surface area contributed by atoms with Gasteiger partial charge in [0.25, 0.3) is 0 Å². The first-order valence-electron chi connectivity index (χ1n) is 12.2. The zero-order valence-corrected chi connectivity index (χ0v) is 18.0. The second kappa shape index (κ2) is 11.7. The minimum absolute atomic E-state index is 0.737. The maximum Gasteiger partial charge on any atom is -0.0300 e. The van der Waals surface area contributed by atoms with Crippen molar-refractivity contribution in [2.75, 3.05) is 0 Å². The van der Waals surface area contributed by atoms with Crippen LogP contribution in [0.3, 0.4) is 0 Å². The molecule has 2 fully saturated rings. The number of unbranched alkanes of at least 4 members (excludes halogenated alkanes) is 5. The molecule has 0 radical (unpaired) electrons. The van der Waals surface area contributed by atoms with Gasteiger partial charge in [0.05, 0.1) is 0 Å². The van der Waals surface area contributed by atoms with Crippen molar-refractivity contribution < 1.29 is 0 Å².